The van der Waals surface area contributed by atoms with Gasteiger partial charge in [-0.25, -0.2) is 23.3 Å². The molecule has 5 aromatic rings. The van der Waals surface area contributed by atoms with Crippen molar-refractivity contribution in [2.24, 2.45) is 7.05 Å². The third-order valence-electron chi connectivity index (χ3n) is 6.64. The first-order chi connectivity index (χ1) is 18.7. The Balaban J connectivity index is 1.51. The lowest BCUT2D eigenvalue weighted by Gasteiger charge is -2.18. The fourth-order valence-electron chi connectivity index (χ4n) is 4.62. The van der Waals surface area contributed by atoms with Crippen molar-refractivity contribution in [1.82, 2.24) is 29.0 Å². The van der Waals surface area contributed by atoms with Gasteiger partial charge in [0.2, 0.25) is 11.3 Å². The number of fused-ring (bicyclic) bond motifs is 1. The smallest absolute Gasteiger partial charge is 0.387 e. The predicted octanol–water partition coefficient (Wildman–Crippen LogP) is 4.94. The van der Waals surface area contributed by atoms with Crippen molar-refractivity contribution < 1.29 is 26.7 Å². The van der Waals surface area contributed by atoms with Gasteiger partial charge in [0.1, 0.15) is 23.7 Å². The van der Waals surface area contributed by atoms with Gasteiger partial charge in [-0.15, -0.1) is 0 Å². The van der Waals surface area contributed by atoms with Crippen molar-refractivity contribution in [3.05, 3.63) is 78.8 Å². The van der Waals surface area contributed by atoms with Crippen LogP contribution in [0, 0.1) is 5.82 Å². The van der Waals surface area contributed by atoms with Crippen LogP contribution >= 0.6 is 0 Å². The number of hydrogen-bond acceptors (Lipinski definition) is 5. The van der Waals surface area contributed by atoms with Gasteiger partial charge in [0.15, 0.2) is 0 Å². The highest BCUT2D eigenvalue weighted by Gasteiger charge is 2.47. The fourth-order valence-corrected chi connectivity index (χ4v) is 5.26. The van der Waals surface area contributed by atoms with Crippen LogP contribution in [0.5, 0.6) is 5.75 Å². The Morgan fingerprint density at radius 3 is 2.62 bits per heavy atom. The fraction of sp³-hybridized carbons (Fsp3) is 0.192. The van der Waals surface area contributed by atoms with Crippen molar-refractivity contribution in [1.29, 1.82) is 0 Å². The van der Waals surface area contributed by atoms with E-state index in [1.807, 2.05) is 31.4 Å². The predicted molar refractivity (Wildman–Crippen MR) is 138 cm³/mol. The molecule has 0 radical (unpaired) electrons. The number of imidazole rings is 1. The number of benzene rings is 2. The average Bonchev–Trinajstić information content (AvgIpc) is 3.33. The highest BCUT2D eigenvalue weighted by atomic mass is 32.2. The second-order valence-corrected chi connectivity index (χ2v) is 9.97. The van der Waals surface area contributed by atoms with E-state index in [1.54, 1.807) is 33.9 Å². The molecule has 3 heterocycles. The van der Waals surface area contributed by atoms with E-state index in [9.17, 15) is 21.9 Å². The van der Waals surface area contributed by atoms with Crippen LogP contribution in [0.1, 0.15) is 18.5 Å². The summed E-state index contributed by atoms with van der Waals surface area (Å²) in [6.45, 7) is -3.16. The van der Waals surface area contributed by atoms with E-state index in [2.05, 4.69) is 19.5 Å². The molecule has 1 aliphatic carbocycles. The van der Waals surface area contributed by atoms with Crippen LogP contribution in [0.4, 0.5) is 13.2 Å². The van der Waals surface area contributed by atoms with Gasteiger partial charge in [-0.1, -0.05) is 6.07 Å². The van der Waals surface area contributed by atoms with E-state index in [1.165, 1.54) is 6.07 Å². The molecule has 9 nitrogen and oxygen atoms in total. The third-order valence-corrected chi connectivity index (χ3v) is 7.20. The Morgan fingerprint density at radius 2 is 1.92 bits per heavy atom. The molecule has 1 atom stereocenters. The van der Waals surface area contributed by atoms with E-state index >= 15 is 0 Å². The Hall–Kier alpha value is -4.07. The highest BCUT2D eigenvalue weighted by Crippen LogP contribution is 2.46. The SMILES string of the molecule is Cn1cc(-c2ccc3c(c2)ncn3-c2cc(-c3ccc(F)cc3OC(F)F)cc(C3(NS(=O)O)CC3)n2)cn1. The minimum atomic E-state index is -3.16. The maximum absolute atomic E-state index is 13.9. The molecular formula is C26H21F3N6O3S. The summed E-state index contributed by atoms with van der Waals surface area (Å²) in [5, 5.41) is 4.21. The molecule has 2 N–H and O–H groups in total. The Labute approximate surface area is 222 Å². The van der Waals surface area contributed by atoms with E-state index < -0.39 is 29.2 Å². The molecule has 3 aromatic heterocycles. The van der Waals surface area contributed by atoms with Crippen molar-refractivity contribution >= 4 is 22.3 Å². The number of aromatic nitrogens is 5. The van der Waals surface area contributed by atoms with Crippen LogP contribution in [0.2, 0.25) is 0 Å². The molecule has 39 heavy (non-hydrogen) atoms. The van der Waals surface area contributed by atoms with Crippen molar-refractivity contribution in [2.45, 2.75) is 25.0 Å². The summed E-state index contributed by atoms with van der Waals surface area (Å²) in [6, 6.07) is 12.4. The Bertz CT molecular complexity index is 1730. The summed E-state index contributed by atoms with van der Waals surface area (Å²) in [4.78, 5) is 9.30. The first-order valence-corrected chi connectivity index (χ1v) is 12.9. The number of alkyl halides is 2. The van der Waals surface area contributed by atoms with Gasteiger partial charge in [-0.2, -0.15) is 13.9 Å². The number of nitrogens with one attached hydrogen (secondary N) is 1. The van der Waals surface area contributed by atoms with Gasteiger partial charge in [-0.05, 0) is 60.4 Å². The molecule has 13 heteroatoms. The standard InChI is InChI=1S/C26H21F3N6O3S/c1-34-13-17(12-31-34)15-2-5-21-20(8-15)30-14-35(21)24-10-16(9-23(32-24)26(6-7-26)33-39(36)37)19-4-3-18(27)11-22(19)38-25(28)29/h2-5,8-14,25,33H,6-7H2,1H3,(H,36,37). The van der Waals surface area contributed by atoms with Gasteiger partial charge in [0.05, 0.1) is 28.5 Å². The van der Waals surface area contributed by atoms with E-state index in [4.69, 9.17) is 4.98 Å². The van der Waals surface area contributed by atoms with Gasteiger partial charge in [0, 0.05) is 30.4 Å². The lowest BCUT2D eigenvalue weighted by molar-refractivity contribution is -0.0496. The Morgan fingerprint density at radius 1 is 1.10 bits per heavy atom. The molecule has 0 spiro atoms. The molecule has 1 unspecified atom stereocenters. The molecule has 6 rings (SSSR count). The monoisotopic (exact) mass is 554 g/mol. The van der Waals surface area contributed by atoms with Crippen molar-refractivity contribution in [3.63, 3.8) is 0 Å². The topological polar surface area (TPSA) is 107 Å². The third kappa shape index (κ3) is 4.91. The largest absolute Gasteiger partial charge is 0.434 e. The molecule has 200 valence electrons. The number of hydrogen-bond donors (Lipinski definition) is 2. The molecule has 0 amide bonds. The molecule has 0 bridgehead atoms. The zero-order chi connectivity index (χ0) is 27.3. The second kappa shape index (κ2) is 9.59. The first kappa shape index (κ1) is 25.2. The van der Waals surface area contributed by atoms with Crippen molar-refractivity contribution in [3.8, 4) is 33.8 Å². The maximum atomic E-state index is 13.9. The number of rotatable bonds is 8. The van der Waals surface area contributed by atoms with E-state index in [0.29, 0.717) is 35.4 Å². The normalized spacial score (nSPS) is 15.1. The zero-order valence-corrected chi connectivity index (χ0v) is 21.2. The molecule has 1 saturated carbocycles. The minimum absolute atomic E-state index is 0.214. The zero-order valence-electron chi connectivity index (χ0n) is 20.4. The number of pyridine rings is 1. The summed E-state index contributed by atoms with van der Waals surface area (Å²) in [7, 11) is 1.83. The average molecular weight is 555 g/mol. The van der Waals surface area contributed by atoms with E-state index in [0.717, 1.165) is 28.8 Å². The molecule has 2 aromatic carbocycles. The number of aryl methyl sites for hydroxylation is 1. The summed E-state index contributed by atoms with van der Waals surface area (Å²) in [5.74, 6) is -0.679. The molecular weight excluding hydrogens is 533 g/mol. The van der Waals surface area contributed by atoms with E-state index in [-0.39, 0.29) is 11.3 Å². The minimum Gasteiger partial charge on any atom is -0.434 e. The lowest BCUT2D eigenvalue weighted by atomic mass is 10.0. The molecule has 0 aliphatic heterocycles. The van der Waals surface area contributed by atoms with Gasteiger partial charge >= 0.3 is 6.61 Å². The number of ether oxygens (including phenoxy) is 1. The van der Waals surface area contributed by atoms with Crippen LogP contribution in [-0.2, 0) is 23.9 Å². The Kier molecular flexibility index (Phi) is 6.20. The van der Waals surface area contributed by atoms with Crippen LogP contribution in [0.3, 0.4) is 0 Å². The van der Waals surface area contributed by atoms with Crippen LogP contribution in [0.15, 0.2) is 67.3 Å². The number of nitrogens with zero attached hydrogens (tertiary/aromatic N) is 5. The van der Waals surface area contributed by atoms with Crippen LogP contribution in [-0.4, -0.2) is 39.7 Å². The number of halogens is 3. The van der Waals surface area contributed by atoms with Gasteiger partial charge in [0.25, 0.3) is 0 Å². The second-order valence-electron chi connectivity index (χ2n) is 9.27. The van der Waals surface area contributed by atoms with Crippen LogP contribution in [0.25, 0.3) is 39.1 Å². The summed E-state index contributed by atoms with van der Waals surface area (Å²) < 4.78 is 72.1. The molecule has 0 saturated heterocycles. The quantitative estimate of drug-likeness (QED) is 0.263. The molecule has 1 fully saturated rings. The first-order valence-electron chi connectivity index (χ1n) is 11.8. The van der Waals surface area contributed by atoms with Crippen LogP contribution < -0.4 is 9.46 Å². The summed E-state index contributed by atoms with van der Waals surface area (Å²) >= 11 is -2.31. The van der Waals surface area contributed by atoms with Gasteiger partial charge < -0.3 is 4.74 Å². The lowest BCUT2D eigenvalue weighted by Crippen LogP contribution is -2.31. The van der Waals surface area contributed by atoms with Crippen molar-refractivity contribution in [2.75, 3.05) is 0 Å². The van der Waals surface area contributed by atoms with Gasteiger partial charge in [-0.3, -0.25) is 13.8 Å². The maximum Gasteiger partial charge on any atom is 0.387 e. The summed E-state index contributed by atoms with van der Waals surface area (Å²) in [6.07, 6.45) is 6.32. The summed E-state index contributed by atoms with van der Waals surface area (Å²) in [5.41, 5.74) is 3.45. The highest BCUT2D eigenvalue weighted by molar-refractivity contribution is 7.77. The molecule has 1 aliphatic rings.